The summed E-state index contributed by atoms with van der Waals surface area (Å²) in [4.78, 5) is 44.5. The van der Waals surface area contributed by atoms with Crippen molar-refractivity contribution in [3.8, 4) is 0 Å². The van der Waals surface area contributed by atoms with Gasteiger partial charge >= 0.3 is 0 Å². The standard InChI is InChI=1S/C23H20F2N4O.C18H17F2N3O.C7H8.C6H15N.C5H4ClN.BrH/c1-15-10-12-29(21-7-2-3-11-26-21)14-17(15)16-8-9-20(27-13-16)28-23(30)22-18(24)5-4-6-19(22)25;1-11-7-8-21-10-13(11)12-5-6-16(22-9-12)23-18(24)17-14(19)3-2-4-15(17)20;1-7-5-3-2-4-6-7;1-4-7(5-2)6-3;6-5-3-1-2-4-7-5;/h2-9,11,13H,10,12,14H2,1H3,(H,27,28,30);2-6,9,21H,7-8,10H2,1H3,(H,22,23,24);2-6H,1H3;4-6H2,1-3H3;1-4H;1H. The lowest BCUT2D eigenvalue weighted by atomic mass is 9.96. The number of amides is 2. The number of nitrogens with zero attached hydrogens (tertiary/aromatic N) is 5. The Kier molecular flexibility index (Phi) is 26.2. The molecule has 17 heteroatoms. The van der Waals surface area contributed by atoms with E-state index in [-0.39, 0.29) is 28.6 Å². The van der Waals surface area contributed by atoms with Crippen molar-refractivity contribution in [1.82, 2.24) is 25.2 Å². The lowest BCUT2D eigenvalue weighted by Gasteiger charge is -2.31. The zero-order chi connectivity index (χ0) is 54.1. The van der Waals surface area contributed by atoms with Gasteiger partial charge in [0.25, 0.3) is 17.0 Å². The minimum absolute atomic E-state index is 0. The van der Waals surface area contributed by atoms with E-state index in [1.165, 1.54) is 54.0 Å². The number of carbonyl (C=O) groups excluding carboxylic acids is 2. The highest BCUT2D eigenvalue weighted by atomic mass is 79.9. The molecule has 76 heavy (non-hydrogen) atoms. The van der Waals surface area contributed by atoms with Crippen LogP contribution in [0.1, 0.15) is 84.9 Å². The third kappa shape index (κ3) is 19.2. The van der Waals surface area contributed by atoms with E-state index in [1.54, 1.807) is 43.0 Å². The van der Waals surface area contributed by atoms with Crippen LogP contribution in [0.5, 0.6) is 0 Å². The van der Waals surface area contributed by atoms with E-state index in [9.17, 15) is 27.2 Å². The molecule has 0 saturated carbocycles. The predicted molar refractivity (Wildman–Crippen MR) is 293 cm³/mol. The maximum atomic E-state index is 13.8. The number of aromatic nitrogens is 4. The Morgan fingerprint density at radius 3 is 1.54 bits per heavy atom. The highest BCUT2D eigenvalue weighted by Crippen LogP contribution is 2.29. The van der Waals surface area contributed by atoms with Gasteiger partial charge in [0.2, 0.25) is 0 Å². The minimum Gasteiger partial charge on any atom is -1.00 e. The van der Waals surface area contributed by atoms with Crippen molar-refractivity contribution in [3.63, 3.8) is 0 Å². The van der Waals surface area contributed by atoms with Crippen molar-refractivity contribution < 1.29 is 49.1 Å². The van der Waals surface area contributed by atoms with Crippen molar-refractivity contribution in [2.24, 2.45) is 0 Å². The molecule has 11 nitrogen and oxygen atoms in total. The van der Waals surface area contributed by atoms with Gasteiger partial charge in [-0.2, -0.15) is 0 Å². The number of nitrogens with one attached hydrogen (secondary N) is 4. The quantitative estimate of drug-likeness (QED) is 0.0913. The fourth-order valence-corrected chi connectivity index (χ4v) is 7.86. The smallest absolute Gasteiger partial charge is 0.273 e. The molecule has 3 aromatic carbocycles. The summed E-state index contributed by atoms with van der Waals surface area (Å²) in [6.45, 7) is 19.7. The number of pyridine rings is 4. The van der Waals surface area contributed by atoms with Crippen LogP contribution in [-0.4, -0.2) is 77.5 Å². The van der Waals surface area contributed by atoms with Crippen molar-refractivity contribution >= 4 is 52.0 Å². The van der Waals surface area contributed by atoms with Crippen LogP contribution >= 0.6 is 11.6 Å². The van der Waals surface area contributed by atoms with E-state index in [4.69, 9.17) is 11.6 Å². The molecular formula is C59H65BrClF4N9O2. The normalized spacial score (nSPS) is 12.7. The predicted octanol–water partition coefficient (Wildman–Crippen LogP) is 9.57. The summed E-state index contributed by atoms with van der Waals surface area (Å²) in [6.07, 6.45) is 8.77. The molecule has 0 atom stereocenters. The van der Waals surface area contributed by atoms with Gasteiger partial charge in [0.15, 0.2) is 6.20 Å². The molecule has 0 saturated heterocycles. The van der Waals surface area contributed by atoms with Crippen LogP contribution in [0, 0.1) is 30.2 Å². The SMILES string of the molecule is CC1=C(c2ccc(NC(=O)c3c(F)cccc3F)nc2)CN(c2ccccn2)CC1.CC1=C(c2ccc(NC(=O)c3c(F)cccc3F)nc2)CNCC1.CCN(CC)CC.Cc1ccccc1.Clc1cccc[nH+]1.[Br-]. The number of H-pyrrole nitrogens is 1. The second-order valence-electron chi connectivity index (χ2n) is 17.3. The summed E-state index contributed by atoms with van der Waals surface area (Å²) >= 11 is 5.48. The highest BCUT2D eigenvalue weighted by molar-refractivity contribution is 6.28. The molecule has 0 radical (unpaired) electrons. The van der Waals surface area contributed by atoms with E-state index in [0.717, 1.165) is 79.3 Å². The minimum atomic E-state index is -0.915. The van der Waals surface area contributed by atoms with Gasteiger partial charge in [-0.15, -0.1) is 0 Å². The number of benzene rings is 3. The first-order chi connectivity index (χ1) is 36.2. The van der Waals surface area contributed by atoms with Gasteiger partial charge in [-0.1, -0.05) is 86.0 Å². The number of aryl methyl sites for hydroxylation is 1. The van der Waals surface area contributed by atoms with Crippen LogP contribution < -0.4 is 42.8 Å². The Morgan fingerprint density at radius 2 is 1.14 bits per heavy atom. The molecule has 2 aliphatic heterocycles. The summed E-state index contributed by atoms with van der Waals surface area (Å²) in [5.41, 5.74) is 6.90. The molecule has 4 aromatic heterocycles. The third-order valence-corrected chi connectivity index (χ3v) is 12.4. The number of hydrogen-bond donors (Lipinski definition) is 3. The Morgan fingerprint density at radius 1 is 0.632 bits per heavy atom. The Balaban J connectivity index is 0.000000238. The molecule has 4 N–H and O–H groups in total. The molecule has 2 aliphatic rings. The summed E-state index contributed by atoms with van der Waals surface area (Å²) < 4.78 is 54.8. The Labute approximate surface area is 459 Å². The number of hydrogen-bond acceptors (Lipinski definition) is 8. The zero-order valence-electron chi connectivity index (χ0n) is 43.6. The number of rotatable bonds is 10. The van der Waals surface area contributed by atoms with E-state index in [2.05, 4.69) is 99.4 Å². The first-order valence-electron chi connectivity index (χ1n) is 24.8. The number of carbonyl (C=O) groups is 2. The van der Waals surface area contributed by atoms with E-state index < -0.39 is 46.2 Å². The molecule has 0 bridgehead atoms. The zero-order valence-corrected chi connectivity index (χ0v) is 46.0. The van der Waals surface area contributed by atoms with Crippen molar-refractivity contribution in [2.45, 2.75) is 54.4 Å². The molecule has 2 amide bonds. The highest BCUT2D eigenvalue weighted by Gasteiger charge is 2.22. The van der Waals surface area contributed by atoms with Gasteiger partial charge < -0.3 is 42.7 Å². The van der Waals surface area contributed by atoms with Gasteiger partial charge in [-0.05, 0) is 160 Å². The average Bonchev–Trinajstić information content (AvgIpc) is 3.42. The second-order valence-corrected chi connectivity index (χ2v) is 17.7. The van der Waals surface area contributed by atoms with Crippen molar-refractivity contribution in [2.75, 3.05) is 61.3 Å². The van der Waals surface area contributed by atoms with E-state index in [1.807, 2.05) is 60.7 Å². The maximum Gasteiger partial charge on any atom is 0.273 e. The molecule has 0 aliphatic carbocycles. The molecule has 7 aromatic rings. The third-order valence-electron chi connectivity index (χ3n) is 12.1. The number of anilines is 3. The van der Waals surface area contributed by atoms with Crippen LogP contribution in [0.3, 0.4) is 0 Å². The van der Waals surface area contributed by atoms with Crippen LogP contribution in [0.25, 0.3) is 11.1 Å². The maximum absolute atomic E-state index is 13.8. The average molecular weight is 1120 g/mol. The monoisotopic (exact) mass is 1120 g/mol. The van der Waals surface area contributed by atoms with Crippen LogP contribution in [0.15, 0.2) is 163 Å². The van der Waals surface area contributed by atoms with Gasteiger partial charge in [0.05, 0.1) is 0 Å². The summed E-state index contributed by atoms with van der Waals surface area (Å²) in [5.74, 6) is -3.98. The fraction of sp³-hybridized carbons (Fsp3) is 0.254. The lowest BCUT2D eigenvalue weighted by molar-refractivity contribution is -0.375. The van der Waals surface area contributed by atoms with Gasteiger partial charge in [0.1, 0.15) is 51.8 Å². The van der Waals surface area contributed by atoms with E-state index >= 15 is 0 Å². The first kappa shape index (κ1) is 61.4. The van der Waals surface area contributed by atoms with Crippen molar-refractivity contribution in [3.05, 3.63) is 220 Å². The lowest BCUT2D eigenvalue weighted by Crippen LogP contribution is -3.00. The summed E-state index contributed by atoms with van der Waals surface area (Å²) in [7, 11) is 0. The van der Waals surface area contributed by atoms with Crippen LogP contribution in [0.2, 0.25) is 5.15 Å². The fourth-order valence-electron chi connectivity index (χ4n) is 7.73. The Bertz CT molecular complexity index is 2870. The van der Waals surface area contributed by atoms with E-state index in [0.29, 0.717) is 11.7 Å². The second kappa shape index (κ2) is 32.4. The molecule has 0 unspecified atom stereocenters. The summed E-state index contributed by atoms with van der Waals surface area (Å²) in [5, 5.41) is 8.84. The molecule has 0 fully saturated rings. The van der Waals surface area contributed by atoms with Crippen LogP contribution in [0.4, 0.5) is 35.0 Å². The molecular weight excluding hydrogens is 1060 g/mol. The van der Waals surface area contributed by atoms with Gasteiger partial charge in [0, 0.05) is 50.4 Å². The van der Waals surface area contributed by atoms with Gasteiger partial charge in [-0.25, -0.2) is 37.5 Å². The van der Waals surface area contributed by atoms with Crippen LogP contribution in [-0.2, 0) is 0 Å². The Hall–Kier alpha value is -7.11. The molecule has 400 valence electrons. The van der Waals surface area contributed by atoms with Crippen molar-refractivity contribution in [1.29, 1.82) is 0 Å². The van der Waals surface area contributed by atoms with Gasteiger partial charge in [-0.3, -0.25) is 9.59 Å². The molecule has 0 spiro atoms. The largest absolute Gasteiger partial charge is 1.00 e. The first-order valence-corrected chi connectivity index (χ1v) is 25.1. The summed E-state index contributed by atoms with van der Waals surface area (Å²) in [6, 6.07) is 35.2. The molecule has 9 rings (SSSR count). The topological polar surface area (TPSA) is 130 Å². The number of halogens is 6. The molecule has 6 heterocycles. The number of aromatic amines is 1.